The Bertz CT molecular complexity index is 441. The minimum Gasteiger partial charge on any atom is -0.469 e. The molecule has 0 N–H and O–H groups in total. The Morgan fingerprint density at radius 2 is 1.68 bits per heavy atom. The SMILES string of the molecule is COC(=O)CCN(C)C(=O)c1ccc(N(C)C)cc1. The van der Waals surface area contributed by atoms with Gasteiger partial charge in [0.15, 0.2) is 0 Å². The topological polar surface area (TPSA) is 49.9 Å². The minimum atomic E-state index is -0.317. The average molecular weight is 264 g/mol. The zero-order chi connectivity index (χ0) is 14.4. The summed E-state index contributed by atoms with van der Waals surface area (Å²) in [5.74, 6) is -0.420. The Morgan fingerprint density at radius 3 is 2.16 bits per heavy atom. The highest BCUT2D eigenvalue weighted by atomic mass is 16.5. The lowest BCUT2D eigenvalue weighted by atomic mass is 10.1. The summed E-state index contributed by atoms with van der Waals surface area (Å²) in [7, 11) is 6.90. The standard InChI is InChI=1S/C14H20N2O3/c1-15(2)12-7-5-11(6-8-12)14(18)16(3)10-9-13(17)19-4/h5-8H,9-10H2,1-4H3. The van der Waals surface area contributed by atoms with Crippen LogP contribution in [0, 0.1) is 0 Å². The molecule has 0 spiro atoms. The van der Waals surface area contributed by atoms with Gasteiger partial charge in [0.1, 0.15) is 0 Å². The quantitative estimate of drug-likeness (QED) is 0.754. The predicted octanol–water partition coefficient (Wildman–Crippen LogP) is 1.39. The van der Waals surface area contributed by atoms with Gasteiger partial charge in [-0.25, -0.2) is 0 Å². The third-order valence-electron chi connectivity index (χ3n) is 2.86. The first-order valence-corrected chi connectivity index (χ1v) is 6.05. The molecule has 0 fully saturated rings. The molecule has 19 heavy (non-hydrogen) atoms. The summed E-state index contributed by atoms with van der Waals surface area (Å²) in [4.78, 5) is 26.6. The lowest BCUT2D eigenvalue weighted by molar-refractivity contribution is -0.140. The van der Waals surface area contributed by atoms with E-state index in [0.717, 1.165) is 5.69 Å². The smallest absolute Gasteiger partial charge is 0.307 e. The van der Waals surface area contributed by atoms with Gasteiger partial charge in [-0.3, -0.25) is 9.59 Å². The molecule has 5 nitrogen and oxygen atoms in total. The van der Waals surface area contributed by atoms with Gasteiger partial charge in [0.2, 0.25) is 0 Å². The number of ether oxygens (including phenoxy) is 1. The second-order valence-electron chi connectivity index (χ2n) is 4.49. The molecule has 0 bridgehead atoms. The van der Waals surface area contributed by atoms with Crippen LogP contribution in [0.4, 0.5) is 5.69 Å². The van der Waals surface area contributed by atoms with E-state index in [4.69, 9.17) is 0 Å². The molecule has 104 valence electrons. The second kappa shape index (κ2) is 6.78. The third kappa shape index (κ3) is 4.28. The Morgan fingerprint density at radius 1 is 1.11 bits per heavy atom. The van der Waals surface area contributed by atoms with E-state index in [9.17, 15) is 9.59 Å². The molecule has 0 atom stereocenters. The van der Waals surface area contributed by atoms with Crippen LogP contribution in [0.15, 0.2) is 24.3 Å². The van der Waals surface area contributed by atoms with Gasteiger partial charge < -0.3 is 14.5 Å². The fourth-order valence-corrected chi connectivity index (χ4v) is 1.59. The summed E-state index contributed by atoms with van der Waals surface area (Å²) in [5, 5.41) is 0. The van der Waals surface area contributed by atoms with Crippen LogP contribution in [-0.4, -0.2) is 51.6 Å². The maximum absolute atomic E-state index is 12.1. The van der Waals surface area contributed by atoms with Crippen molar-refractivity contribution >= 4 is 17.6 Å². The van der Waals surface area contributed by atoms with Crippen molar-refractivity contribution in [3.63, 3.8) is 0 Å². The lowest BCUT2D eigenvalue weighted by Crippen LogP contribution is -2.29. The molecule has 0 saturated heterocycles. The van der Waals surface area contributed by atoms with Crippen LogP contribution >= 0.6 is 0 Å². The van der Waals surface area contributed by atoms with E-state index in [2.05, 4.69) is 4.74 Å². The number of nitrogens with zero attached hydrogens (tertiary/aromatic N) is 2. The van der Waals surface area contributed by atoms with E-state index in [1.54, 1.807) is 19.2 Å². The number of hydrogen-bond acceptors (Lipinski definition) is 4. The van der Waals surface area contributed by atoms with E-state index in [-0.39, 0.29) is 18.3 Å². The van der Waals surface area contributed by atoms with E-state index in [1.165, 1.54) is 12.0 Å². The van der Waals surface area contributed by atoms with E-state index < -0.39 is 0 Å². The summed E-state index contributed by atoms with van der Waals surface area (Å²) >= 11 is 0. The van der Waals surface area contributed by atoms with Crippen molar-refractivity contribution in [1.82, 2.24) is 4.90 Å². The van der Waals surface area contributed by atoms with Gasteiger partial charge >= 0.3 is 5.97 Å². The molecule has 0 unspecified atom stereocenters. The maximum Gasteiger partial charge on any atom is 0.307 e. The fraction of sp³-hybridized carbons (Fsp3) is 0.429. The van der Waals surface area contributed by atoms with Crippen molar-refractivity contribution in [3.8, 4) is 0 Å². The zero-order valence-electron chi connectivity index (χ0n) is 11.8. The molecular weight excluding hydrogens is 244 g/mol. The highest BCUT2D eigenvalue weighted by Gasteiger charge is 2.13. The van der Waals surface area contributed by atoms with Crippen LogP contribution in [-0.2, 0) is 9.53 Å². The van der Waals surface area contributed by atoms with Gasteiger partial charge in [-0.1, -0.05) is 0 Å². The number of hydrogen-bond donors (Lipinski definition) is 0. The van der Waals surface area contributed by atoms with Gasteiger partial charge in [-0.05, 0) is 24.3 Å². The van der Waals surface area contributed by atoms with E-state index in [0.29, 0.717) is 12.1 Å². The van der Waals surface area contributed by atoms with Crippen molar-refractivity contribution in [2.75, 3.05) is 39.7 Å². The maximum atomic E-state index is 12.1. The first kappa shape index (κ1) is 15.0. The van der Waals surface area contributed by atoms with Crippen molar-refractivity contribution in [1.29, 1.82) is 0 Å². The molecule has 0 aliphatic rings. The van der Waals surface area contributed by atoms with Crippen molar-refractivity contribution in [2.24, 2.45) is 0 Å². The predicted molar refractivity (Wildman–Crippen MR) is 74.4 cm³/mol. The van der Waals surface area contributed by atoms with Gasteiger partial charge in [-0.15, -0.1) is 0 Å². The van der Waals surface area contributed by atoms with Crippen LogP contribution in [0.5, 0.6) is 0 Å². The fourth-order valence-electron chi connectivity index (χ4n) is 1.59. The molecule has 5 heteroatoms. The van der Waals surface area contributed by atoms with Crippen LogP contribution < -0.4 is 4.90 Å². The number of benzene rings is 1. The Labute approximate surface area is 113 Å². The molecule has 1 amide bonds. The molecule has 1 rings (SSSR count). The first-order valence-electron chi connectivity index (χ1n) is 6.05. The Kier molecular flexibility index (Phi) is 5.36. The normalized spacial score (nSPS) is 9.89. The summed E-state index contributed by atoms with van der Waals surface area (Å²) in [6.45, 7) is 0.348. The number of amides is 1. The lowest BCUT2D eigenvalue weighted by Gasteiger charge is -2.17. The highest BCUT2D eigenvalue weighted by Crippen LogP contribution is 2.13. The molecule has 0 aliphatic heterocycles. The molecular formula is C14H20N2O3. The molecule has 0 saturated carbocycles. The molecule has 0 aromatic heterocycles. The minimum absolute atomic E-state index is 0.103. The second-order valence-corrected chi connectivity index (χ2v) is 4.49. The average Bonchev–Trinajstić information content (AvgIpc) is 2.43. The number of rotatable bonds is 5. The van der Waals surface area contributed by atoms with Gasteiger partial charge in [0.05, 0.1) is 13.5 Å². The molecule has 0 radical (unpaired) electrons. The number of carbonyl (C=O) groups excluding carboxylic acids is 2. The monoisotopic (exact) mass is 264 g/mol. The number of anilines is 1. The van der Waals surface area contributed by atoms with Gasteiger partial charge in [-0.2, -0.15) is 0 Å². The largest absolute Gasteiger partial charge is 0.469 e. The van der Waals surface area contributed by atoms with E-state index in [1.807, 2.05) is 31.1 Å². The zero-order valence-corrected chi connectivity index (χ0v) is 11.8. The number of carbonyl (C=O) groups is 2. The summed E-state index contributed by atoms with van der Waals surface area (Å²) in [5.41, 5.74) is 1.65. The summed E-state index contributed by atoms with van der Waals surface area (Å²) < 4.78 is 4.55. The van der Waals surface area contributed by atoms with Crippen molar-refractivity contribution < 1.29 is 14.3 Å². The highest BCUT2D eigenvalue weighted by molar-refractivity contribution is 5.94. The number of methoxy groups -OCH3 is 1. The summed E-state index contributed by atoms with van der Waals surface area (Å²) in [6.07, 6.45) is 0.203. The van der Waals surface area contributed by atoms with Gasteiger partial charge in [0, 0.05) is 38.9 Å². The van der Waals surface area contributed by atoms with Crippen LogP contribution in [0.25, 0.3) is 0 Å². The van der Waals surface area contributed by atoms with E-state index >= 15 is 0 Å². The van der Waals surface area contributed by atoms with Crippen LogP contribution in [0.1, 0.15) is 16.8 Å². The molecule has 0 heterocycles. The molecule has 1 aromatic carbocycles. The van der Waals surface area contributed by atoms with Crippen LogP contribution in [0.3, 0.4) is 0 Å². The van der Waals surface area contributed by atoms with Crippen molar-refractivity contribution in [2.45, 2.75) is 6.42 Å². The molecule has 0 aliphatic carbocycles. The Hall–Kier alpha value is -2.04. The van der Waals surface area contributed by atoms with Crippen LogP contribution in [0.2, 0.25) is 0 Å². The molecule has 1 aromatic rings. The summed E-state index contributed by atoms with van der Waals surface area (Å²) in [6, 6.07) is 7.35. The third-order valence-corrected chi connectivity index (χ3v) is 2.86. The Balaban J connectivity index is 2.63. The number of esters is 1. The van der Waals surface area contributed by atoms with Crippen molar-refractivity contribution in [3.05, 3.63) is 29.8 Å². The first-order chi connectivity index (χ1) is 8.95. The van der Waals surface area contributed by atoms with Gasteiger partial charge in [0.25, 0.3) is 5.91 Å².